The summed E-state index contributed by atoms with van der Waals surface area (Å²) in [6.07, 6.45) is 3.47. The van der Waals surface area contributed by atoms with E-state index in [1.165, 1.54) is 0 Å². The van der Waals surface area contributed by atoms with Crippen molar-refractivity contribution >= 4 is 16.9 Å². The number of aryl methyl sites for hydroxylation is 3. The zero-order valence-electron chi connectivity index (χ0n) is 11.3. The Kier molecular flexibility index (Phi) is 3.90. The van der Waals surface area contributed by atoms with Crippen molar-refractivity contribution < 1.29 is 15.0 Å². The minimum Gasteiger partial charge on any atom is -0.478 e. The Balaban J connectivity index is 2.71. The fourth-order valence-corrected chi connectivity index (χ4v) is 2.56. The topological polar surface area (TPSA) is 62.5 Å². The number of aliphatic hydroxyl groups excluding tert-OH is 1. The minimum absolute atomic E-state index is 0.149. The van der Waals surface area contributed by atoms with Gasteiger partial charge in [0, 0.05) is 24.7 Å². The van der Waals surface area contributed by atoms with E-state index in [0.29, 0.717) is 12.0 Å². The van der Waals surface area contributed by atoms with Crippen molar-refractivity contribution in [2.24, 2.45) is 0 Å². The minimum atomic E-state index is -0.885. The Morgan fingerprint density at radius 3 is 2.68 bits per heavy atom. The summed E-state index contributed by atoms with van der Waals surface area (Å²) < 4.78 is 1.98. The first-order valence-electron chi connectivity index (χ1n) is 6.55. The Bertz CT molecular complexity index is 613. The second-order valence-electron chi connectivity index (χ2n) is 4.73. The SMILES string of the molecule is CCn1cc(CCCO)c2ccc(C)c(C(=O)O)c21. The standard InChI is InChI=1S/C15H19NO3/c1-3-16-9-11(5-4-8-17)12-7-6-10(2)13(14(12)16)15(18)19/h6-7,9,17H,3-5,8H2,1-2H3,(H,18,19). The highest BCUT2D eigenvalue weighted by molar-refractivity contribution is 6.04. The molecule has 0 atom stereocenters. The zero-order valence-corrected chi connectivity index (χ0v) is 11.3. The molecule has 0 aliphatic rings. The first-order chi connectivity index (χ1) is 9.10. The van der Waals surface area contributed by atoms with Crippen LogP contribution in [0.25, 0.3) is 10.9 Å². The van der Waals surface area contributed by atoms with Crippen molar-refractivity contribution in [1.82, 2.24) is 4.57 Å². The smallest absolute Gasteiger partial charge is 0.338 e. The maximum Gasteiger partial charge on any atom is 0.338 e. The predicted octanol–water partition coefficient (Wildman–Crippen LogP) is 2.59. The van der Waals surface area contributed by atoms with Crippen LogP contribution in [0.5, 0.6) is 0 Å². The van der Waals surface area contributed by atoms with Gasteiger partial charge in [-0.1, -0.05) is 12.1 Å². The van der Waals surface area contributed by atoms with Crippen LogP contribution in [0.2, 0.25) is 0 Å². The van der Waals surface area contributed by atoms with Crippen LogP contribution in [0.3, 0.4) is 0 Å². The molecule has 2 aromatic rings. The number of carboxylic acid groups (broad SMARTS) is 1. The number of aromatic nitrogens is 1. The molecule has 0 saturated heterocycles. The highest BCUT2D eigenvalue weighted by Gasteiger charge is 2.17. The molecule has 1 heterocycles. The molecule has 19 heavy (non-hydrogen) atoms. The molecular weight excluding hydrogens is 242 g/mol. The molecule has 4 nitrogen and oxygen atoms in total. The molecule has 2 rings (SSSR count). The maximum atomic E-state index is 11.5. The molecule has 0 aliphatic heterocycles. The maximum absolute atomic E-state index is 11.5. The normalized spacial score (nSPS) is 11.1. The summed E-state index contributed by atoms with van der Waals surface area (Å²) in [6, 6.07) is 3.84. The number of carbonyl (C=O) groups is 1. The molecular formula is C15H19NO3. The number of rotatable bonds is 5. The number of aromatic carboxylic acids is 1. The molecule has 0 bridgehead atoms. The van der Waals surface area contributed by atoms with E-state index >= 15 is 0 Å². The number of aliphatic hydroxyl groups is 1. The van der Waals surface area contributed by atoms with Gasteiger partial charge in [-0.15, -0.1) is 0 Å². The molecule has 0 unspecified atom stereocenters. The molecule has 0 spiro atoms. The van der Waals surface area contributed by atoms with Crippen LogP contribution in [0, 0.1) is 6.92 Å². The summed E-state index contributed by atoms with van der Waals surface area (Å²) in [7, 11) is 0. The summed E-state index contributed by atoms with van der Waals surface area (Å²) in [6.45, 7) is 4.71. The average Bonchev–Trinajstić information content (AvgIpc) is 2.73. The molecule has 0 amide bonds. The van der Waals surface area contributed by atoms with Gasteiger partial charge in [0.2, 0.25) is 0 Å². The lowest BCUT2D eigenvalue weighted by Gasteiger charge is -2.07. The van der Waals surface area contributed by atoms with Crippen LogP contribution in [0.15, 0.2) is 18.3 Å². The van der Waals surface area contributed by atoms with Crippen molar-refractivity contribution in [2.75, 3.05) is 6.61 Å². The van der Waals surface area contributed by atoms with Gasteiger partial charge in [-0.05, 0) is 37.8 Å². The van der Waals surface area contributed by atoms with E-state index in [2.05, 4.69) is 0 Å². The third-order valence-corrected chi connectivity index (χ3v) is 3.49. The average molecular weight is 261 g/mol. The molecule has 1 aromatic carbocycles. The van der Waals surface area contributed by atoms with E-state index in [9.17, 15) is 9.90 Å². The van der Waals surface area contributed by atoms with Crippen molar-refractivity contribution in [3.05, 3.63) is 35.0 Å². The third-order valence-electron chi connectivity index (χ3n) is 3.49. The van der Waals surface area contributed by atoms with E-state index in [1.807, 2.05) is 36.7 Å². The van der Waals surface area contributed by atoms with Gasteiger partial charge in [-0.25, -0.2) is 4.79 Å². The van der Waals surface area contributed by atoms with E-state index in [-0.39, 0.29) is 6.61 Å². The fraction of sp³-hybridized carbons (Fsp3) is 0.400. The number of carboxylic acids is 1. The van der Waals surface area contributed by atoms with Gasteiger partial charge < -0.3 is 14.8 Å². The molecule has 4 heteroatoms. The van der Waals surface area contributed by atoms with Gasteiger partial charge in [0.05, 0.1) is 11.1 Å². The van der Waals surface area contributed by atoms with Crippen molar-refractivity contribution in [1.29, 1.82) is 0 Å². The second kappa shape index (κ2) is 5.45. The van der Waals surface area contributed by atoms with Gasteiger partial charge in [0.15, 0.2) is 0 Å². The van der Waals surface area contributed by atoms with Gasteiger partial charge in [-0.3, -0.25) is 0 Å². The van der Waals surface area contributed by atoms with Gasteiger partial charge in [0.1, 0.15) is 0 Å². The van der Waals surface area contributed by atoms with Gasteiger partial charge in [-0.2, -0.15) is 0 Å². The monoisotopic (exact) mass is 261 g/mol. The second-order valence-corrected chi connectivity index (χ2v) is 4.73. The van der Waals surface area contributed by atoms with Crippen LogP contribution in [-0.4, -0.2) is 27.4 Å². The van der Waals surface area contributed by atoms with E-state index in [0.717, 1.165) is 35.0 Å². The summed E-state index contributed by atoms with van der Waals surface area (Å²) in [4.78, 5) is 11.5. The van der Waals surface area contributed by atoms with Crippen LogP contribution < -0.4 is 0 Å². The predicted molar refractivity (Wildman–Crippen MR) is 74.7 cm³/mol. The largest absolute Gasteiger partial charge is 0.478 e. The molecule has 0 radical (unpaired) electrons. The lowest BCUT2D eigenvalue weighted by atomic mass is 10.0. The number of fused-ring (bicyclic) bond motifs is 1. The third kappa shape index (κ3) is 2.36. The Hall–Kier alpha value is -1.81. The lowest BCUT2D eigenvalue weighted by molar-refractivity contribution is 0.0698. The van der Waals surface area contributed by atoms with E-state index < -0.39 is 5.97 Å². The molecule has 0 saturated carbocycles. The lowest BCUT2D eigenvalue weighted by Crippen LogP contribution is -2.04. The Morgan fingerprint density at radius 2 is 2.11 bits per heavy atom. The van der Waals surface area contributed by atoms with Crippen molar-refractivity contribution in [3.63, 3.8) is 0 Å². The highest BCUT2D eigenvalue weighted by Crippen LogP contribution is 2.28. The van der Waals surface area contributed by atoms with Crippen molar-refractivity contribution in [2.45, 2.75) is 33.2 Å². The zero-order chi connectivity index (χ0) is 14.0. The number of hydrogen-bond acceptors (Lipinski definition) is 2. The summed E-state index contributed by atoms with van der Waals surface area (Å²) in [5.41, 5.74) is 3.06. The summed E-state index contributed by atoms with van der Waals surface area (Å²) >= 11 is 0. The molecule has 102 valence electrons. The van der Waals surface area contributed by atoms with Crippen LogP contribution in [-0.2, 0) is 13.0 Å². The highest BCUT2D eigenvalue weighted by atomic mass is 16.4. The van der Waals surface area contributed by atoms with Crippen LogP contribution >= 0.6 is 0 Å². The molecule has 0 fully saturated rings. The summed E-state index contributed by atoms with van der Waals surface area (Å²) in [5.74, 6) is -0.885. The van der Waals surface area contributed by atoms with E-state index in [4.69, 9.17) is 5.11 Å². The molecule has 2 N–H and O–H groups in total. The first kappa shape index (κ1) is 13.6. The van der Waals surface area contributed by atoms with Gasteiger partial charge in [0.25, 0.3) is 0 Å². The Morgan fingerprint density at radius 1 is 1.37 bits per heavy atom. The van der Waals surface area contributed by atoms with Crippen LogP contribution in [0.1, 0.15) is 34.8 Å². The number of hydrogen-bond donors (Lipinski definition) is 2. The van der Waals surface area contributed by atoms with Gasteiger partial charge >= 0.3 is 5.97 Å². The van der Waals surface area contributed by atoms with Crippen molar-refractivity contribution in [3.8, 4) is 0 Å². The molecule has 0 aliphatic carbocycles. The van der Waals surface area contributed by atoms with E-state index in [1.54, 1.807) is 0 Å². The first-order valence-corrected chi connectivity index (χ1v) is 6.55. The summed E-state index contributed by atoms with van der Waals surface area (Å²) in [5, 5.41) is 19.3. The number of nitrogens with zero attached hydrogens (tertiary/aromatic N) is 1. The molecule has 1 aromatic heterocycles. The quantitative estimate of drug-likeness (QED) is 0.869. The number of benzene rings is 1. The fourth-order valence-electron chi connectivity index (χ4n) is 2.56. The Labute approximate surface area is 112 Å². The van der Waals surface area contributed by atoms with Crippen LogP contribution in [0.4, 0.5) is 0 Å².